The van der Waals surface area contributed by atoms with Gasteiger partial charge in [0.25, 0.3) is 0 Å². The third-order valence-electron chi connectivity index (χ3n) is 4.54. The molecule has 0 spiro atoms. The molecular formula is C15H21N. The third-order valence-corrected chi connectivity index (χ3v) is 4.54. The molecule has 1 aromatic carbocycles. The van der Waals surface area contributed by atoms with Crippen molar-refractivity contribution in [1.29, 1.82) is 0 Å². The zero-order valence-electron chi connectivity index (χ0n) is 10.0. The Kier molecular flexibility index (Phi) is 2.72. The second-order valence-corrected chi connectivity index (χ2v) is 5.35. The van der Waals surface area contributed by atoms with E-state index in [1.165, 1.54) is 19.3 Å². The first kappa shape index (κ1) is 10.3. The van der Waals surface area contributed by atoms with E-state index in [9.17, 15) is 0 Å². The van der Waals surface area contributed by atoms with Crippen molar-refractivity contribution in [1.82, 2.24) is 5.32 Å². The zero-order chi connectivity index (χ0) is 11.0. The lowest BCUT2D eigenvalue weighted by Crippen LogP contribution is -2.39. The third kappa shape index (κ3) is 1.58. The number of benzene rings is 1. The Morgan fingerprint density at radius 3 is 2.62 bits per heavy atom. The van der Waals surface area contributed by atoms with Crippen LogP contribution in [0.4, 0.5) is 0 Å². The molecular weight excluding hydrogens is 194 g/mol. The molecule has 2 aliphatic carbocycles. The van der Waals surface area contributed by atoms with E-state index in [0.717, 1.165) is 30.3 Å². The second-order valence-electron chi connectivity index (χ2n) is 5.35. The minimum atomic E-state index is 0.742. The minimum Gasteiger partial charge on any atom is -0.313 e. The van der Waals surface area contributed by atoms with Gasteiger partial charge in [-0.2, -0.15) is 0 Å². The molecule has 3 rings (SSSR count). The van der Waals surface area contributed by atoms with E-state index in [2.05, 4.69) is 42.6 Å². The number of hydrogen-bond acceptors (Lipinski definition) is 1. The van der Waals surface area contributed by atoms with Gasteiger partial charge in [-0.1, -0.05) is 37.3 Å². The van der Waals surface area contributed by atoms with Crippen molar-refractivity contribution in [2.45, 2.75) is 38.1 Å². The number of likely N-dealkylation sites (N-methyl/N-ethyl adjacent to an activating group) is 1. The van der Waals surface area contributed by atoms with Gasteiger partial charge in [-0.05, 0) is 43.2 Å². The van der Waals surface area contributed by atoms with E-state index < -0.39 is 0 Å². The summed E-state index contributed by atoms with van der Waals surface area (Å²) in [5.74, 6) is 2.66. The Morgan fingerprint density at radius 2 is 1.88 bits per heavy atom. The highest BCUT2D eigenvalue weighted by Gasteiger charge is 2.47. The van der Waals surface area contributed by atoms with E-state index in [-0.39, 0.29) is 0 Å². The van der Waals surface area contributed by atoms with E-state index in [4.69, 9.17) is 0 Å². The summed E-state index contributed by atoms with van der Waals surface area (Å²) < 4.78 is 0. The number of rotatable bonds is 3. The maximum absolute atomic E-state index is 3.72. The first-order valence-corrected chi connectivity index (χ1v) is 6.68. The van der Waals surface area contributed by atoms with Gasteiger partial charge in [0.1, 0.15) is 0 Å². The van der Waals surface area contributed by atoms with Gasteiger partial charge in [-0.15, -0.1) is 0 Å². The Labute approximate surface area is 98.3 Å². The highest BCUT2D eigenvalue weighted by atomic mass is 14.9. The fraction of sp³-hybridized carbons (Fsp3) is 0.600. The van der Waals surface area contributed by atoms with Crippen molar-refractivity contribution in [3.63, 3.8) is 0 Å². The fourth-order valence-corrected chi connectivity index (χ4v) is 3.98. The van der Waals surface area contributed by atoms with Crippen molar-refractivity contribution >= 4 is 0 Å². The lowest BCUT2D eigenvalue weighted by Gasteiger charge is -2.32. The summed E-state index contributed by atoms with van der Waals surface area (Å²) in [4.78, 5) is 0. The van der Waals surface area contributed by atoms with Gasteiger partial charge in [-0.25, -0.2) is 0 Å². The van der Waals surface area contributed by atoms with Crippen LogP contribution in [0, 0.1) is 11.8 Å². The predicted molar refractivity (Wildman–Crippen MR) is 67.5 cm³/mol. The molecule has 0 saturated heterocycles. The van der Waals surface area contributed by atoms with E-state index in [1.54, 1.807) is 5.56 Å². The van der Waals surface area contributed by atoms with Crippen molar-refractivity contribution in [3.05, 3.63) is 35.9 Å². The van der Waals surface area contributed by atoms with Gasteiger partial charge in [-0.3, -0.25) is 0 Å². The molecule has 2 aliphatic rings. The molecule has 0 heterocycles. The fourth-order valence-electron chi connectivity index (χ4n) is 3.98. The molecule has 1 aromatic rings. The van der Waals surface area contributed by atoms with Crippen LogP contribution >= 0.6 is 0 Å². The maximum Gasteiger partial charge on any atom is 0.0167 e. The summed E-state index contributed by atoms with van der Waals surface area (Å²) in [7, 11) is 0. The van der Waals surface area contributed by atoms with Crippen molar-refractivity contribution in [2.24, 2.45) is 11.8 Å². The summed E-state index contributed by atoms with van der Waals surface area (Å²) in [5.41, 5.74) is 1.56. The van der Waals surface area contributed by atoms with E-state index in [1.807, 2.05) is 0 Å². The number of hydrogen-bond donors (Lipinski definition) is 1. The van der Waals surface area contributed by atoms with Gasteiger partial charge < -0.3 is 5.32 Å². The topological polar surface area (TPSA) is 12.0 Å². The molecule has 16 heavy (non-hydrogen) atoms. The Balaban J connectivity index is 1.88. The SMILES string of the molecule is CCN[C@@H]1[C@H]2CC[C@H](C2)[C@H]1c1ccccc1. The van der Waals surface area contributed by atoms with Gasteiger partial charge in [0.15, 0.2) is 0 Å². The van der Waals surface area contributed by atoms with Crippen LogP contribution < -0.4 is 5.32 Å². The number of fused-ring (bicyclic) bond motifs is 2. The van der Waals surface area contributed by atoms with Crippen molar-refractivity contribution in [2.75, 3.05) is 6.54 Å². The first-order chi connectivity index (χ1) is 7.90. The normalized spacial score (nSPS) is 36.8. The van der Waals surface area contributed by atoms with Crippen LogP contribution in [-0.2, 0) is 0 Å². The van der Waals surface area contributed by atoms with Crippen LogP contribution in [0.25, 0.3) is 0 Å². The molecule has 0 radical (unpaired) electrons. The Hall–Kier alpha value is -0.820. The standard InChI is InChI=1S/C15H21N/c1-2-16-15-13-9-8-12(10-13)14(15)11-6-4-3-5-7-11/h3-7,12-16H,2,8-10H2,1H3/t12-,13+,14-,15-/m1/s1. The molecule has 1 heteroatoms. The van der Waals surface area contributed by atoms with E-state index >= 15 is 0 Å². The van der Waals surface area contributed by atoms with Crippen molar-refractivity contribution in [3.8, 4) is 0 Å². The number of nitrogens with one attached hydrogen (secondary N) is 1. The van der Waals surface area contributed by atoms with Crippen LogP contribution in [0.3, 0.4) is 0 Å². The minimum absolute atomic E-state index is 0.742. The quantitative estimate of drug-likeness (QED) is 0.816. The highest BCUT2D eigenvalue weighted by Crippen LogP contribution is 2.52. The van der Waals surface area contributed by atoms with Crippen LogP contribution in [0.2, 0.25) is 0 Å². The van der Waals surface area contributed by atoms with E-state index in [0.29, 0.717) is 0 Å². The molecule has 1 N–H and O–H groups in total. The lowest BCUT2D eigenvalue weighted by atomic mass is 9.80. The molecule has 0 aliphatic heterocycles. The van der Waals surface area contributed by atoms with Crippen molar-refractivity contribution < 1.29 is 0 Å². The summed E-state index contributed by atoms with van der Waals surface area (Å²) in [6.45, 7) is 3.34. The molecule has 0 unspecified atom stereocenters. The van der Waals surface area contributed by atoms with Gasteiger partial charge >= 0.3 is 0 Å². The molecule has 2 fully saturated rings. The van der Waals surface area contributed by atoms with Crippen LogP contribution in [0.15, 0.2) is 30.3 Å². The highest BCUT2D eigenvalue weighted by molar-refractivity contribution is 5.26. The van der Waals surface area contributed by atoms with Gasteiger partial charge in [0.2, 0.25) is 0 Å². The molecule has 0 amide bonds. The van der Waals surface area contributed by atoms with Gasteiger partial charge in [0.05, 0.1) is 0 Å². The average Bonchev–Trinajstić information content (AvgIpc) is 2.91. The molecule has 1 nitrogen and oxygen atoms in total. The largest absolute Gasteiger partial charge is 0.313 e. The summed E-state index contributed by atoms with van der Waals surface area (Å²) >= 11 is 0. The maximum atomic E-state index is 3.72. The molecule has 0 aromatic heterocycles. The second kappa shape index (κ2) is 4.21. The smallest absolute Gasteiger partial charge is 0.0167 e. The molecule has 4 atom stereocenters. The summed E-state index contributed by atoms with van der Waals surface area (Å²) in [6, 6.07) is 11.9. The predicted octanol–water partition coefficient (Wildman–Crippen LogP) is 3.18. The van der Waals surface area contributed by atoms with Crippen LogP contribution in [-0.4, -0.2) is 12.6 Å². The van der Waals surface area contributed by atoms with Crippen LogP contribution in [0.5, 0.6) is 0 Å². The lowest BCUT2D eigenvalue weighted by molar-refractivity contribution is 0.315. The zero-order valence-corrected chi connectivity index (χ0v) is 10.0. The Morgan fingerprint density at radius 1 is 1.12 bits per heavy atom. The molecule has 2 saturated carbocycles. The monoisotopic (exact) mass is 215 g/mol. The molecule has 2 bridgehead atoms. The van der Waals surface area contributed by atoms with Crippen LogP contribution in [0.1, 0.15) is 37.7 Å². The summed E-state index contributed by atoms with van der Waals surface area (Å²) in [5, 5.41) is 3.72. The first-order valence-electron chi connectivity index (χ1n) is 6.68. The molecule has 86 valence electrons. The summed E-state index contributed by atoms with van der Waals surface area (Å²) in [6.07, 6.45) is 4.36. The van der Waals surface area contributed by atoms with Gasteiger partial charge in [0, 0.05) is 12.0 Å². The average molecular weight is 215 g/mol. The Bertz CT molecular complexity index is 346.